The summed E-state index contributed by atoms with van der Waals surface area (Å²) in [5.74, 6) is 0.141. The van der Waals surface area contributed by atoms with Gasteiger partial charge in [-0.2, -0.15) is 0 Å². The van der Waals surface area contributed by atoms with Gasteiger partial charge in [-0.3, -0.25) is 14.9 Å². The van der Waals surface area contributed by atoms with Crippen LogP contribution in [0.1, 0.15) is 26.7 Å². The summed E-state index contributed by atoms with van der Waals surface area (Å²) >= 11 is 0. The Bertz CT molecular complexity index is 507. The Balaban J connectivity index is 2.42. The van der Waals surface area contributed by atoms with Crippen LogP contribution < -0.4 is 10.6 Å². The number of nitrogens with zero attached hydrogens (tertiary/aromatic N) is 1. The van der Waals surface area contributed by atoms with Crippen LogP contribution in [0, 0.1) is 16.0 Å². The highest BCUT2D eigenvalue weighted by molar-refractivity contribution is 5.91. The van der Waals surface area contributed by atoms with Crippen molar-refractivity contribution in [3.63, 3.8) is 0 Å². The maximum atomic E-state index is 11.9. The zero-order valence-corrected chi connectivity index (χ0v) is 12.9. The smallest absolute Gasteiger partial charge is 0.271 e. The number of aliphatic hydroxyl groups is 1. The summed E-state index contributed by atoms with van der Waals surface area (Å²) in [5.41, 5.74) is 0.363. The van der Waals surface area contributed by atoms with E-state index in [1.165, 1.54) is 18.2 Å². The van der Waals surface area contributed by atoms with Gasteiger partial charge in [-0.05, 0) is 31.9 Å². The van der Waals surface area contributed by atoms with E-state index in [1.807, 2.05) is 13.8 Å². The molecule has 0 aromatic heterocycles. The van der Waals surface area contributed by atoms with Gasteiger partial charge in [0.1, 0.15) is 0 Å². The molecule has 0 aliphatic rings. The van der Waals surface area contributed by atoms with E-state index in [9.17, 15) is 14.9 Å². The number of non-ortho nitro benzene ring substituents is 1. The zero-order valence-electron chi connectivity index (χ0n) is 12.9. The van der Waals surface area contributed by atoms with E-state index in [0.717, 1.165) is 13.0 Å². The van der Waals surface area contributed by atoms with Crippen molar-refractivity contribution >= 4 is 17.3 Å². The number of benzene rings is 1. The Morgan fingerprint density at radius 3 is 2.77 bits per heavy atom. The van der Waals surface area contributed by atoms with Crippen LogP contribution in [0.5, 0.6) is 0 Å². The fraction of sp³-hybridized carbons (Fsp3) is 0.533. The Morgan fingerprint density at radius 2 is 2.14 bits per heavy atom. The summed E-state index contributed by atoms with van der Waals surface area (Å²) in [5, 5.41) is 25.4. The molecule has 1 amide bonds. The molecule has 0 aliphatic carbocycles. The van der Waals surface area contributed by atoms with Crippen molar-refractivity contribution in [2.45, 2.75) is 32.7 Å². The number of amides is 1. The molecule has 1 aromatic carbocycles. The summed E-state index contributed by atoms with van der Waals surface area (Å²) in [4.78, 5) is 22.1. The van der Waals surface area contributed by atoms with Crippen LogP contribution in [0.3, 0.4) is 0 Å². The van der Waals surface area contributed by atoms with Crippen LogP contribution in [-0.2, 0) is 4.79 Å². The number of rotatable bonds is 9. The SMILES string of the molecule is CC(CCO)CNC(C)CC(=O)Nc1cccc([N+](=O)[O-])c1. The number of anilines is 1. The molecule has 7 nitrogen and oxygen atoms in total. The van der Waals surface area contributed by atoms with Crippen LogP contribution >= 0.6 is 0 Å². The largest absolute Gasteiger partial charge is 0.396 e. The minimum absolute atomic E-state index is 0.0140. The second-order valence-corrected chi connectivity index (χ2v) is 5.49. The van der Waals surface area contributed by atoms with Crippen LogP contribution in [0.25, 0.3) is 0 Å². The monoisotopic (exact) mass is 309 g/mol. The van der Waals surface area contributed by atoms with Gasteiger partial charge in [-0.25, -0.2) is 0 Å². The topological polar surface area (TPSA) is 104 Å². The molecule has 1 rings (SSSR count). The highest BCUT2D eigenvalue weighted by atomic mass is 16.6. The van der Waals surface area contributed by atoms with Gasteiger partial charge in [0.15, 0.2) is 0 Å². The van der Waals surface area contributed by atoms with Crippen molar-refractivity contribution in [1.82, 2.24) is 5.32 Å². The predicted molar refractivity (Wildman–Crippen MR) is 84.7 cm³/mol. The number of hydrogen-bond donors (Lipinski definition) is 3. The number of carbonyl (C=O) groups is 1. The first-order chi connectivity index (χ1) is 10.4. The molecule has 0 saturated heterocycles. The second-order valence-electron chi connectivity index (χ2n) is 5.49. The van der Waals surface area contributed by atoms with Crippen molar-refractivity contribution in [3.8, 4) is 0 Å². The third kappa shape index (κ3) is 6.64. The molecule has 0 radical (unpaired) electrons. The van der Waals surface area contributed by atoms with Crippen molar-refractivity contribution in [2.75, 3.05) is 18.5 Å². The summed E-state index contributed by atoms with van der Waals surface area (Å²) in [7, 11) is 0. The molecule has 0 spiro atoms. The average molecular weight is 309 g/mol. The van der Waals surface area contributed by atoms with Gasteiger partial charge >= 0.3 is 0 Å². The lowest BCUT2D eigenvalue weighted by Crippen LogP contribution is -2.33. The van der Waals surface area contributed by atoms with E-state index in [0.29, 0.717) is 11.6 Å². The normalized spacial score (nSPS) is 13.4. The number of carbonyl (C=O) groups excluding carboxylic acids is 1. The first kappa shape index (κ1) is 18.1. The number of nitro benzene ring substituents is 1. The van der Waals surface area contributed by atoms with Crippen molar-refractivity contribution in [2.24, 2.45) is 5.92 Å². The van der Waals surface area contributed by atoms with E-state index in [4.69, 9.17) is 5.11 Å². The van der Waals surface area contributed by atoms with Crippen LogP contribution in [0.2, 0.25) is 0 Å². The molecule has 122 valence electrons. The standard InChI is InChI=1S/C15H23N3O4/c1-11(6-7-19)10-16-12(2)8-15(20)17-13-4-3-5-14(9-13)18(21)22/h3-5,9,11-12,16,19H,6-8,10H2,1-2H3,(H,17,20). The fourth-order valence-corrected chi connectivity index (χ4v) is 1.98. The predicted octanol–water partition coefficient (Wildman–Crippen LogP) is 1.92. The first-order valence-electron chi connectivity index (χ1n) is 7.31. The molecule has 22 heavy (non-hydrogen) atoms. The molecular formula is C15H23N3O4. The maximum absolute atomic E-state index is 11.9. The molecule has 2 atom stereocenters. The van der Waals surface area contributed by atoms with Crippen LogP contribution in [0.4, 0.5) is 11.4 Å². The highest BCUT2D eigenvalue weighted by Crippen LogP contribution is 2.17. The Hall–Kier alpha value is -1.99. The van der Waals surface area contributed by atoms with E-state index < -0.39 is 4.92 Å². The molecule has 0 bridgehead atoms. The van der Waals surface area contributed by atoms with E-state index >= 15 is 0 Å². The van der Waals surface area contributed by atoms with Gasteiger partial charge in [0.05, 0.1) is 4.92 Å². The van der Waals surface area contributed by atoms with Crippen molar-refractivity contribution in [3.05, 3.63) is 34.4 Å². The molecule has 7 heteroatoms. The highest BCUT2D eigenvalue weighted by Gasteiger charge is 2.12. The minimum Gasteiger partial charge on any atom is -0.396 e. The van der Waals surface area contributed by atoms with Gasteiger partial charge in [0, 0.05) is 36.9 Å². The van der Waals surface area contributed by atoms with Gasteiger partial charge in [0.25, 0.3) is 5.69 Å². The minimum atomic E-state index is -0.498. The molecule has 0 saturated carbocycles. The maximum Gasteiger partial charge on any atom is 0.271 e. The first-order valence-corrected chi connectivity index (χ1v) is 7.31. The van der Waals surface area contributed by atoms with Crippen LogP contribution in [0.15, 0.2) is 24.3 Å². The lowest BCUT2D eigenvalue weighted by Gasteiger charge is -2.17. The van der Waals surface area contributed by atoms with Crippen molar-refractivity contribution < 1.29 is 14.8 Å². The number of nitrogens with one attached hydrogen (secondary N) is 2. The third-order valence-electron chi connectivity index (χ3n) is 3.27. The fourth-order valence-electron chi connectivity index (χ4n) is 1.98. The molecule has 3 N–H and O–H groups in total. The quantitative estimate of drug-likeness (QED) is 0.477. The Labute approximate surface area is 129 Å². The van der Waals surface area contributed by atoms with E-state index in [-0.39, 0.29) is 30.7 Å². The lowest BCUT2D eigenvalue weighted by molar-refractivity contribution is -0.384. The van der Waals surface area contributed by atoms with Crippen LogP contribution in [-0.4, -0.2) is 35.1 Å². The molecule has 0 aliphatic heterocycles. The number of nitro groups is 1. The molecule has 1 aromatic rings. The molecule has 0 fully saturated rings. The average Bonchev–Trinajstić information content (AvgIpc) is 2.45. The van der Waals surface area contributed by atoms with E-state index in [1.54, 1.807) is 6.07 Å². The summed E-state index contributed by atoms with van der Waals surface area (Å²) in [6.07, 6.45) is 0.994. The molecular weight excluding hydrogens is 286 g/mol. The Kier molecular flexibility index (Phi) is 7.48. The van der Waals surface area contributed by atoms with Gasteiger partial charge < -0.3 is 15.7 Å². The summed E-state index contributed by atoms with van der Waals surface area (Å²) in [6.45, 7) is 4.81. The Morgan fingerprint density at radius 1 is 1.41 bits per heavy atom. The summed E-state index contributed by atoms with van der Waals surface area (Å²) < 4.78 is 0. The number of aliphatic hydroxyl groups excluding tert-OH is 1. The zero-order chi connectivity index (χ0) is 16.5. The van der Waals surface area contributed by atoms with Crippen molar-refractivity contribution in [1.29, 1.82) is 0 Å². The lowest BCUT2D eigenvalue weighted by atomic mass is 10.1. The molecule has 0 heterocycles. The molecule has 2 unspecified atom stereocenters. The second kappa shape index (κ2) is 9.11. The summed E-state index contributed by atoms with van der Waals surface area (Å²) in [6, 6.07) is 5.85. The van der Waals surface area contributed by atoms with Gasteiger partial charge in [-0.15, -0.1) is 0 Å². The van der Waals surface area contributed by atoms with Gasteiger partial charge in [0.2, 0.25) is 5.91 Å². The third-order valence-corrected chi connectivity index (χ3v) is 3.27. The van der Waals surface area contributed by atoms with E-state index in [2.05, 4.69) is 10.6 Å². The van der Waals surface area contributed by atoms with Gasteiger partial charge in [-0.1, -0.05) is 13.0 Å². The number of hydrogen-bond acceptors (Lipinski definition) is 5.